The van der Waals surface area contributed by atoms with E-state index in [0.29, 0.717) is 6.04 Å². The second kappa shape index (κ2) is 6.07. The van der Waals surface area contributed by atoms with E-state index in [1.807, 2.05) is 31.4 Å². The van der Waals surface area contributed by atoms with Gasteiger partial charge in [0, 0.05) is 32.1 Å². The van der Waals surface area contributed by atoms with E-state index in [-0.39, 0.29) is 0 Å². The molecule has 0 bridgehead atoms. The third-order valence-electron chi connectivity index (χ3n) is 3.86. The van der Waals surface area contributed by atoms with Crippen LogP contribution < -0.4 is 4.90 Å². The number of aryl methyl sites for hydroxylation is 1. The molecule has 6 heteroatoms. The maximum Gasteiger partial charge on any atom is 0.132 e. The van der Waals surface area contributed by atoms with Crippen LogP contribution in [0.3, 0.4) is 0 Å². The molecule has 0 radical (unpaired) electrons. The van der Waals surface area contributed by atoms with Crippen LogP contribution in [0.1, 0.15) is 36.1 Å². The van der Waals surface area contributed by atoms with Gasteiger partial charge in [0.25, 0.3) is 0 Å². The standard InChI is InChI=1S/C15H21N5S/c1-11-17-13(7-15(18-11)19(2)3)14-5-4-6-20(14)8-12-9-21-10-16-12/h7,9-10,14H,4-6,8H2,1-3H3/t14-/m1/s1. The number of thiazole rings is 1. The Bertz CT molecular complexity index is 596. The summed E-state index contributed by atoms with van der Waals surface area (Å²) in [5.41, 5.74) is 4.20. The Kier molecular flexibility index (Phi) is 4.17. The highest BCUT2D eigenvalue weighted by molar-refractivity contribution is 7.07. The minimum absolute atomic E-state index is 0.382. The molecule has 0 unspecified atom stereocenters. The van der Waals surface area contributed by atoms with E-state index in [2.05, 4.69) is 31.3 Å². The molecule has 0 N–H and O–H groups in total. The van der Waals surface area contributed by atoms with Gasteiger partial charge in [0.1, 0.15) is 11.6 Å². The van der Waals surface area contributed by atoms with Crippen LogP contribution >= 0.6 is 11.3 Å². The summed E-state index contributed by atoms with van der Waals surface area (Å²) in [5.74, 6) is 1.83. The maximum atomic E-state index is 4.68. The molecule has 1 aliphatic rings. The van der Waals surface area contributed by atoms with Gasteiger partial charge in [-0.1, -0.05) is 0 Å². The summed E-state index contributed by atoms with van der Waals surface area (Å²) in [4.78, 5) is 18.1. The quantitative estimate of drug-likeness (QED) is 0.869. The zero-order chi connectivity index (χ0) is 14.8. The molecule has 21 heavy (non-hydrogen) atoms. The second-order valence-corrected chi connectivity index (χ2v) is 6.42. The van der Waals surface area contributed by atoms with Gasteiger partial charge in [-0.05, 0) is 26.3 Å². The van der Waals surface area contributed by atoms with Crippen LogP contribution in [0.15, 0.2) is 17.0 Å². The number of anilines is 1. The van der Waals surface area contributed by atoms with Gasteiger partial charge in [0.15, 0.2) is 0 Å². The lowest BCUT2D eigenvalue weighted by atomic mass is 10.1. The Morgan fingerprint density at radius 1 is 1.38 bits per heavy atom. The minimum atomic E-state index is 0.382. The zero-order valence-electron chi connectivity index (χ0n) is 12.8. The number of hydrogen-bond acceptors (Lipinski definition) is 6. The van der Waals surface area contributed by atoms with Crippen molar-refractivity contribution in [2.24, 2.45) is 0 Å². The van der Waals surface area contributed by atoms with Gasteiger partial charge >= 0.3 is 0 Å². The Balaban J connectivity index is 1.84. The molecule has 2 aromatic rings. The van der Waals surface area contributed by atoms with Crippen molar-refractivity contribution < 1.29 is 0 Å². The van der Waals surface area contributed by atoms with Crippen molar-refractivity contribution >= 4 is 17.2 Å². The van der Waals surface area contributed by atoms with Crippen LogP contribution in [0.2, 0.25) is 0 Å². The first-order chi connectivity index (χ1) is 10.1. The maximum absolute atomic E-state index is 4.68. The molecule has 1 fully saturated rings. The predicted octanol–water partition coefficient (Wildman–Crippen LogP) is 2.64. The number of aromatic nitrogens is 3. The summed E-state index contributed by atoms with van der Waals surface area (Å²) >= 11 is 1.66. The van der Waals surface area contributed by atoms with Gasteiger partial charge in [-0.2, -0.15) is 0 Å². The number of rotatable bonds is 4. The highest BCUT2D eigenvalue weighted by Gasteiger charge is 2.28. The summed E-state index contributed by atoms with van der Waals surface area (Å²) in [5, 5.41) is 2.13. The molecule has 0 aromatic carbocycles. The van der Waals surface area contributed by atoms with Gasteiger partial charge in [0.2, 0.25) is 0 Å². The largest absolute Gasteiger partial charge is 0.363 e. The summed E-state index contributed by atoms with van der Waals surface area (Å²) in [6, 6.07) is 2.50. The van der Waals surface area contributed by atoms with Crippen molar-refractivity contribution in [3.8, 4) is 0 Å². The number of likely N-dealkylation sites (tertiary alicyclic amines) is 1. The first-order valence-corrected chi connectivity index (χ1v) is 8.22. The smallest absolute Gasteiger partial charge is 0.132 e. The number of hydrogen-bond donors (Lipinski definition) is 0. The highest BCUT2D eigenvalue weighted by Crippen LogP contribution is 2.33. The van der Waals surface area contributed by atoms with E-state index >= 15 is 0 Å². The third kappa shape index (κ3) is 3.22. The topological polar surface area (TPSA) is 45.2 Å². The molecule has 0 spiro atoms. The van der Waals surface area contributed by atoms with Crippen molar-refractivity contribution in [3.63, 3.8) is 0 Å². The third-order valence-corrected chi connectivity index (χ3v) is 4.49. The van der Waals surface area contributed by atoms with E-state index in [0.717, 1.165) is 42.5 Å². The average molecular weight is 303 g/mol. The van der Waals surface area contributed by atoms with Crippen LogP contribution in [-0.2, 0) is 6.54 Å². The van der Waals surface area contributed by atoms with E-state index in [4.69, 9.17) is 0 Å². The van der Waals surface area contributed by atoms with Crippen molar-refractivity contribution in [2.45, 2.75) is 32.4 Å². The minimum Gasteiger partial charge on any atom is -0.363 e. The SMILES string of the molecule is Cc1nc([C@H]2CCCN2Cc2cscn2)cc(N(C)C)n1. The zero-order valence-corrected chi connectivity index (χ0v) is 13.6. The molecule has 5 nitrogen and oxygen atoms in total. The molecule has 1 atom stereocenters. The van der Waals surface area contributed by atoms with Gasteiger partial charge in [-0.15, -0.1) is 11.3 Å². The van der Waals surface area contributed by atoms with E-state index < -0.39 is 0 Å². The lowest BCUT2D eigenvalue weighted by molar-refractivity contribution is 0.241. The molecular weight excluding hydrogens is 282 g/mol. The van der Waals surface area contributed by atoms with Gasteiger partial charge in [-0.25, -0.2) is 15.0 Å². The monoisotopic (exact) mass is 303 g/mol. The summed E-state index contributed by atoms with van der Waals surface area (Å²) in [7, 11) is 4.04. The van der Waals surface area contributed by atoms with Crippen molar-refractivity contribution in [2.75, 3.05) is 25.5 Å². The van der Waals surface area contributed by atoms with Crippen molar-refractivity contribution in [1.29, 1.82) is 0 Å². The number of nitrogens with zero attached hydrogens (tertiary/aromatic N) is 5. The fourth-order valence-corrected chi connectivity index (χ4v) is 3.40. The van der Waals surface area contributed by atoms with Crippen LogP contribution in [0, 0.1) is 6.92 Å². The fraction of sp³-hybridized carbons (Fsp3) is 0.533. The molecule has 2 aromatic heterocycles. The first kappa shape index (κ1) is 14.4. The predicted molar refractivity (Wildman–Crippen MR) is 85.6 cm³/mol. The summed E-state index contributed by atoms with van der Waals surface area (Å²) < 4.78 is 0. The van der Waals surface area contributed by atoms with E-state index in [9.17, 15) is 0 Å². The molecule has 0 aliphatic carbocycles. The Morgan fingerprint density at radius 2 is 2.24 bits per heavy atom. The molecule has 0 saturated carbocycles. The van der Waals surface area contributed by atoms with Gasteiger partial charge in [0.05, 0.1) is 22.9 Å². The van der Waals surface area contributed by atoms with Crippen molar-refractivity contribution in [1.82, 2.24) is 19.9 Å². The Hall–Kier alpha value is -1.53. The van der Waals surface area contributed by atoms with Crippen LogP contribution in [0.4, 0.5) is 5.82 Å². The average Bonchev–Trinajstić information content (AvgIpc) is 3.10. The van der Waals surface area contributed by atoms with Crippen LogP contribution in [-0.4, -0.2) is 40.5 Å². The Morgan fingerprint density at radius 3 is 2.95 bits per heavy atom. The van der Waals surface area contributed by atoms with Crippen LogP contribution in [0.5, 0.6) is 0 Å². The normalized spacial score (nSPS) is 19.1. The molecular formula is C15H21N5S. The van der Waals surface area contributed by atoms with Gasteiger partial charge in [-0.3, -0.25) is 4.90 Å². The lowest BCUT2D eigenvalue weighted by Crippen LogP contribution is -2.24. The van der Waals surface area contributed by atoms with Crippen LogP contribution in [0.25, 0.3) is 0 Å². The molecule has 1 saturated heterocycles. The lowest BCUT2D eigenvalue weighted by Gasteiger charge is -2.24. The van der Waals surface area contributed by atoms with E-state index in [1.54, 1.807) is 11.3 Å². The van der Waals surface area contributed by atoms with Gasteiger partial charge < -0.3 is 4.90 Å². The molecule has 0 amide bonds. The molecule has 112 valence electrons. The van der Waals surface area contributed by atoms with Crippen molar-refractivity contribution in [3.05, 3.63) is 34.2 Å². The molecule has 3 heterocycles. The summed E-state index contributed by atoms with van der Waals surface area (Å²) in [6.07, 6.45) is 2.38. The molecule has 1 aliphatic heterocycles. The fourth-order valence-electron chi connectivity index (χ4n) is 2.85. The molecule has 3 rings (SSSR count). The Labute approximate surface area is 129 Å². The highest BCUT2D eigenvalue weighted by atomic mass is 32.1. The summed E-state index contributed by atoms with van der Waals surface area (Å²) in [6.45, 7) is 3.99. The first-order valence-electron chi connectivity index (χ1n) is 7.27. The van der Waals surface area contributed by atoms with E-state index in [1.165, 1.54) is 6.42 Å². The second-order valence-electron chi connectivity index (χ2n) is 5.70.